The molecule has 2 rings (SSSR count). The van der Waals surface area contributed by atoms with Crippen LogP contribution in [0.15, 0.2) is 24.3 Å². The fourth-order valence-electron chi connectivity index (χ4n) is 2.09. The van der Waals surface area contributed by atoms with Crippen LogP contribution in [0.5, 0.6) is 0 Å². The van der Waals surface area contributed by atoms with Gasteiger partial charge in [0.05, 0.1) is 5.88 Å². The van der Waals surface area contributed by atoms with Gasteiger partial charge in [0.1, 0.15) is 6.04 Å². The highest BCUT2D eigenvalue weighted by Gasteiger charge is 2.35. The lowest BCUT2D eigenvalue weighted by Crippen LogP contribution is -2.47. The van der Waals surface area contributed by atoms with Gasteiger partial charge in [0.15, 0.2) is 0 Å². The lowest BCUT2D eigenvalue weighted by atomic mass is 10.1. The Bertz CT molecular complexity index is 504. The summed E-state index contributed by atoms with van der Waals surface area (Å²) in [6.45, 7) is 2.49. The van der Waals surface area contributed by atoms with Crippen molar-refractivity contribution >= 4 is 23.8 Å². The molecule has 1 atom stereocenters. The van der Waals surface area contributed by atoms with E-state index in [0.717, 1.165) is 5.56 Å². The van der Waals surface area contributed by atoms with Crippen molar-refractivity contribution < 1.29 is 14.7 Å². The number of aliphatic carboxylic acids is 1. The van der Waals surface area contributed by atoms with Gasteiger partial charge in [-0.05, 0) is 12.5 Å². The van der Waals surface area contributed by atoms with Crippen LogP contribution in [-0.4, -0.2) is 51.6 Å². The summed E-state index contributed by atoms with van der Waals surface area (Å²) in [4.78, 5) is 26.4. The van der Waals surface area contributed by atoms with Gasteiger partial charge in [-0.2, -0.15) is 0 Å². The zero-order valence-electron chi connectivity index (χ0n) is 11.6. The number of rotatable bonds is 3. The molecule has 0 aromatic heterocycles. The number of carboxylic acids is 1. The number of nitrogens with zero attached hydrogens (tertiary/aromatic N) is 2. The molecule has 0 radical (unpaired) electrons. The van der Waals surface area contributed by atoms with Crippen molar-refractivity contribution in [3.8, 4) is 0 Å². The number of carbonyl (C=O) groups is 2. The molecule has 1 N–H and O–H groups in total. The van der Waals surface area contributed by atoms with Crippen molar-refractivity contribution in [1.82, 2.24) is 9.80 Å². The number of aryl methyl sites for hydroxylation is 1. The molecule has 0 spiro atoms. The fourth-order valence-corrected chi connectivity index (χ4v) is 3.23. The Hall–Kier alpha value is -1.69. The molecule has 1 aromatic rings. The summed E-state index contributed by atoms with van der Waals surface area (Å²) in [5.74, 6) is -0.0416. The van der Waals surface area contributed by atoms with Crippen LogP contribution in [0.4, 0.5) is 4.79 Å². The van der Waals surface area contributed by atoms with Crippen molar-refractivity contribution in [3.05, 3.63) is 35.4 Å². The third-order valence-electron chi connectivity index (χ3n) is 3.28. The highest BCUT2D eigenvalue weighted by molar-refractivity contribution is 7.99. The average Bonchev–Trinajstić information content (AvgIpc) is 2.90. The Kier molecular flexibility index (Phi) is 4.54. The third kappa shape index (κ3) is 3.25. The molecule has 20 heavy (non-hydrogen) atoms. The van der Waals surface area contributed by atoms with Crippen LogP contribution in [0.1, 0.15) is 11.1 Å². The van der Waals surface area contributed by atoms with E-state index in [1.54, 1.807) is 11.9 Å². The van der Waals surface area contributed by atoms with Crippen LogP contribution in [0.25, 0.3) is 0 Å². The third-order valence-corrected chi connectivity index (χ3v) is 4.29. The van der Waals surface area contributed by atoms with E-state index >= 15 is 0 Å². The maximum absolute atomic E-state index is 12.3. The molecular formula is C14H18N2O3S. The van der Waals surface area contributed by atoms with E-state index in [9.17, 15) is 9.59 Å². The summed E-state index contributed by atoms with van der Waals surface area (Å²) < 4.78 is 0. The minimum atomic E-state index is -0.938. The summed E-state index contributed by atoms with van der Waals surface area (Å²) in [7, 11) is 1.70. The van der Waals surface area contributed by atoms with Gasteiger partial charge in [0.25, 0.3) is 0 Å². The second-order valence-corrected chi connectivity index (χ2v) is 5.95. The van der Waals surface area contributed by atoms with Crippen molar-refractivity contribution in [3.63, 3.8) is 0 Å². The van der Waals surface area contributed by atoms with Gasteiger partial charge in [-0.3, -0.25) is 0 Å². The molecule has 1 fully saturated rings. The number of hydrogen-bond donors (Lipinski definition) is 1. The minimum absolute atomic E-state index is 0.233. The molecule has 1 aromatic carbocycles. The van der Waals surface area contributed by atoms with Gasteiger partial charge in [0.2, 0.25) is 0 Å². The van der Waals surface area contributed by atoms with Gasteiger partial charge in [-0.1, -0.05) is 29.8 Å². The summed E-state index contributed by atoms with van der Waals surface area (Å²) >= 11 is 1.47. The van der Waals surface area contributed by atoms with Crippen LogP contribution < -0.4 is 0 Å². The summed E-state index contributed by atoms with van der Waals surface area (Å²) in [6, 6.07) is 7.01. The first-order valence-corrected chi connectivity index (χ1v) is 7.52. The van der Waals surface area contributed by atoms with Crippen LogP contribution in [0.2, 0.25) is 0 Å². The number of thioether (sulfide) groups is 1. The summed E-state index contributed by atoms with van der Waals surface area (Å²) in [5.41, 5.74) is 2.20. The molecular weight excluding hydrogens is 276 g/mol. The molecule has 0 bridgehead atoms. The Morgan fingerprint density at radius 3 is 2.65 bits per heavy atom. The van der Waals surface area contributed by atoms with Crippen molar-refractivity contribution in [2.45, 2.75) is 19.5 Å². The van der Waals surface area contributed by atoms with E-state index in [-0.39, 0.29) is 6.03 Å². The standard InChI is InChI=1S/C14H18N2O3S/c1-10-3-5-11(6-4-10)7-15(2)14(19)16-9-20-8-12(16)13(17)18/h3-6,12H,7-9H2,1-2H3,(H,17,18). The number of amides is 2. The predicted octanol–water partition coefficient (Wildman–Crippen LogP) is 2.01. The molecule has 6 heteroatoms. The lowest BCUT2D eigenvalue weighted by Gasteiger charge is -2.27. The zero-order valence-corrected chi connectivity index (χ0v) is 12.4. The van der Waals surface area contributed by atoms with E-state index in [4.69, 9.17) is 5.11 Å². The van der Waals surface area contributed by atoms with E-state index in [0.29, 0.717) is 18.2 Å². The van der Waals surface area contributed by atoms with Gasteiger partial charge in [0, 0.05) is 19.3 Å². The second kappa shape index (κ2) is 6.17. The molecule has 0 aliphatic carbocycles. The molecule has 5 nitrogen and oxygen atoms in total. The van der Waals surface area contributed by atoms with Gasteiger partial charge >= 0.3 is 12.0 Å². The van der Waals surface area contributed by atoms with Crippen LogP contribution in [-0.2, 0) is 11.3 Å². The largest absolute Gasteiger partial charge is 0.480 e. The number of urea groups is 1. The molecule has 1 unspecified atom stereocenters. The quantitative estimate of drug-likeness (QED) is 0.926. The normalized spacial score (nSPS) is 18.1. The summed E-state index contributed by atoms with van der Waals surface area (Å²) in [5, 5.41) is 9.11. The first kappa shape index (κ1) is 14.7. The lowest BCUT2D eigenvalue weighted by molar-refractivity contribution is -0.140. The zero-order chi connectivity index (χ0) is 14.7. The number of hydrogen-bond acceptors (Lipinski definition) is 3. The number of benzene rings is 1. The maximum Gasteiger partial charge on any atom is 0.327 e. The SMILES string of the molecule is Cc1ccc(CN(C)C(=O)N2CSCC2C(=O)O)cc1. The topological polar surface area (TPSA) is 60.9 Å². The molecule has 108 valence electrons. The fraction of sp³-hybridized carbons (Fsp3) is 0.429. The van der Waals surface area contributed by atoms with Crippen molar-refractivity contribution in [2.75, 3.05) is 18.7 Å². The molecule has 1 aliphatic heterocycles. The van der Waals surface area contributed by atoms with Crippen LogP contribution >= 0.6 is 11.8 Å². The smallest absolute Gasteiger partial charge is 0.327 e. The first-order chi connectivity index (χ1) is 9.49. The van der Waals surface area contributed by atoms with Crippen LogP contribution in [0, 0.1) is 6.92 Å². The Morgan fingerprint density at radius 2 is 2.05 bits per heavy atom. The Labute approximate surface area is 122 Å². The van der Waals surface area contributed by atoms with E-state index in [1.807, 2.05) is 31.2 Å². The monoisotopic (exact) mass is 294 g/mol. The highest BCUT2D eigenvalue weighted by atomic mass is 32.2. The van der Waals surface area contributed by atoms with Gasteiger partial charge in [-0.25, -0.2) is 9.59 Å². The maximum atomic E-state index is 12.3. The van der Waals surface area contributed by atoms with Crippen LogP contribution in [0.3, 0.4) is 0 Å². The van der Waals surface area contributed by atoms with E-state index in [1.165, 1.54) is 22.2 Å². The molecule has 2 amide bonds. The first-order valence-electron chi connectivity index (χ1n) is 6.37. The predicted molar refractivity (Wildman–Crippen MR) is 78.6 cm³/mol. The van der Waals surface area contributed by atoms with E-state index < -0.39 is 12.0 Å². The Morgan fingerprint density at radius 1 is 1.40 bits per heavy atom. The Balaban J connectivity index is 2.01. The van der Waals surface area contributed by atoms with Crippen molar-refractivity contribution in [2.24, 2.45) is 0 Å². The minimum Gasteiger partial charge on any atom is -0.480 e. The van der Waals surface area contributed by atoms with Gasteiger partial charge < -0.3 is 14.9 Å². The summed E-state index contributed by atoms with van der Waals surface area (Å²) in [6.07, 6.45) is 0. The number of carboxylic acid groups (broad SMARTS) is 1. The molecule has 1 saturated heterocycles. The number of carbonyl (C=O) groups excluding carboxylic acids is 1. The molecule has 0 saturated carbocycles. The average molecular weight is 294 g/mol. The molecule has 1 aliphatic rings. The second-order valence-electron chi connectivity index (χ2n) is 4.95. The molecule has 1 heterocycles. The van der Waals surface area contributed by atoms with Gasteiger partial charge in [-0.15, -0.1) is 11.8 Å². The van der Waals surface area contributed by atoms with E-state index in [2.05, 4.69) is 0 Å². The highest BCUT2D eigenvalue weighted by Crippen LogP contribution is 2.22. The van der Waals surface area contributed by atoms with Crippen molar-refractivity contribution in [1.29, 1.82) is 0 Å².